The number of rotatable bonds is 7. The van der Waals surface area contributed by atoms with Gasteiger partial charge in [-0.2, -0.15) is 0 Å². The van der Waals surface area contributed by atoms with Gasteiger partial charge in [-0.15, -0.1) is 0 Å². The zero-order chi connectivity index (χ0) is 23.6. The monoisotopic (exact) mass is 457 g/mol. The highest BCUT2D eigenvalue weighted by atomic mass is 16.6. The first-order valence-corrected chi connectivity index (χ1v) is 12.4. The molecule has 2 aliphatic heterocycles. The van der Waals surface area contributed by atoms with Crippen LogP contribution >= 0.6 is 0 Å². The number of hydrogen-bond acceptors (Lipinski definition) is 4. The van der Waals surface area contributed by atoms with Gasteiger partial charge >= 0.3 is 0 Å². The van der Waals surface area contributed by atoms with Crippen LogP contribution in [-0.2, 0) is 10.3 Å². The van der Waals surface area contributed by atoms with Crippen molar-refractivity contribution in [1.29, 1.82) is 0 Å². The van der Waals surface area contributed by atoms with Crippen LogP contribution in [-0.4, -0.2) is 31.9 Å². The molecule has 0 amide bonds. The van der Waals surface area contributed by atoms with Crippen LogP contribution in [0.1, 0.15) is 55.7 Å². The van der Waals surface area contributed by atoms with Gasteiger partial charge in [-0.25, -0.2) is 0 Å². The van der Waals surface area contributed by atoms with Crippen LogP contribution in [0.4, 0.5) is 0 Å². The molecule has 1 saturated heterocycles. The Bertz CT molecular complexity index is 1090. The van der Waals surface area contributed by atoms with Crippen molar-refractivity contribution in [2.45, 2.75) is 56.3 Å². The fourth-order valence-electron chi connectivity index (χ4n) is 5.90. The maximum absolute atomic E-state index is 6.60. The van der Waals surface area contributed by atoms with Crippen molar-refractivity contribution in [1.82, 2.24) is 5.32 Å². The van der Waals surface area contributed by atoms with Crippen molar-refractivity contribution in [3.63, 3.8) is 0 Å². The number of ether oxygens (including phenoxy) is 3. The second kappa shape index (κ2) is 9.44. The standard InChI is InChI=1S/C30H35NO3/c1-29(2)30(32-3,23-10-5-4-6-11-23)28(26-13-7-8-14-27(26)34-29)22-15-17-25(18-16-22)33-21-19-24-12-9-20-31-24/h4-8,10-11,13-18,24,28,31H,9,12,19-21H2,1-3H3. The van der Waals surface area contributed by atoms with Gasteiger partial charge in [0.15, 0.2) is 0 Å². The molecule has 4 heteroatoms. The van der Waals surface area contributed by atoms with E-state index >= 15 is 0 Å². The summed E-state index contributed by atoms with van der Waals surface area (Å²) in [5.41, 5.74) is 2.10. The van der Waals surface area contributed by atoms with E-state index in [0.29, 0.717) is 6.04 Å². The number of fused-ring (bicyclic) bond motifs is 1. The molecule has 34 heavy (non-hydrogen) atoms. The molecule has 1 fully saturated rings. The second-order valence-corrected chi connectivity index (χ2v) is 9.89. The first-order chi connectivity index (χ1) is 16.5. The number of methoxy groups -OCH3 is 1. The number of benzene rings is 3. The summed E-state index contributed by atoms with van der Waals surface area (Å²) < 4.78 is 19.2. The van der Waals surface area contributed by atoms with Crippen LogP contribution in [0.2, 0.25) is 0 Å². The summed E-state index contributed by atoms with van der Waals surface area (Å²) >= 11 is 0. The molecule has 3 aromatic rings. The van der Waals surface area contributed by atoms with Crippen LogP contribution in [0.3, 0.4) is 0 Å². The fourth-order valence-corrected chi connectivity index (χ4v) is 5.90. The maximum atomic E-state index is 6.60. The summed E-state index contributed by atoms with van der Waals surface area (Å²) in [4.78, 5) is 0. The minimum absolute atomic E-state index is 0.0448. The zero-order valence-corrected chi connectivity index (χ0v) is 20.4. The smallest absolute Gasteiger partial charge is 0.143 e. The highest BCUT2D eigenvalue weighted by Gasteiger charge is 2.58. The molecule has 5 rings (SSSR count). The lowest BCUT2D eigenvalue weighted by Gasteiger charge is -2.54. The average molecular weight is 458 g/mol. The van der Waals surface area contributed by atoms with Gasteiger partial charge in [-0.1, -0.05) is 60.7 Å². The van der Waals surface area contributed by atoms with Crippen LogP contribution in [0, 0.1) is 0 Å². The van der Waals surface area contributed by atoms with Crippen LogP contribution in [0.25, 0.3) is 0 Å². The van der Waals surface area contributed by atoms with E-state index < -0.39 is 11.2 Å². The van der Waals surface area contributed by atoms with Gasteiger partial charge in [-0.3, -0.25) is 0 Å². The van der Waals surface area contributed by atoms with E-state index in [2.05, 4.69) is 85.9 Å². The molecule has 3 unspecified atom stereocenters. The maximum Gasteiger partial charge on any atom is 0.143 e. The molecular weight excluding hydrogens is 422 g/mol. The summed E-state index contributed by atoms with van der Waals surface area (Å²) in [6.07, 6.45) is 3.56. The van der Waals surface area contributed by atoms with Gasteiger partial charge in [0.2, 0.25) is 0 Å². The van der Waals surface area contributed by atoms with Crippen LogP contribution < -0.4 is 14.8 Å². The first-order valence-electron chi connectivity index (χ1n) is 12.4. The van der Waals surface area contributed by atoms with Gasteiger partial charge < -0.3 is 19.5 Å². The van der Waals surface area contributed by atoms with Gasteiger partial charge in [0, 0.05) is 24.6 Å². The van der Waals surface area contributed by atoms with E-state index in [9.17, 15) is 0 Å². The highest BCUT2D eigenvalue weighted by Crippen LogP contribution is 2.57. The summed E-state index contributed by atoms with van der Waals surface area (Å²) in [6, 6.07) is 27.9. The third-order valence-corrected chi connectivity index (χ3v) is 7.53. The number of hydrogen-bond donors (Lipinski definition) is 1. The Morgan fingerprint density at radius 2 is 1.68 bits per heavy atom. The summed E-state index contributed by atoms with van der Waals surface area (Å²) in [7, 11) is 1.80. The molecule has 2 aliphatic rings. The molecule has 0 spiro atoms. The third-order valence-electron chi connectivity index (χ3n) is 7.53. The molecule has 3 atom stereocenters. The molecule has 0 aliphatic carbocycles. The molecule has 0 aromatic heterocycles. The van der Waals surface area contributed by atoms with Crippen molar-refractivity contribution in [2.75, 3.05) is 20.3 Å². The third kappa shape index (κ3) is 3.99. The number of para-hydroxylation sites is 1. The van der Waals surface area contributed by atoms with Gasteiger partial charge in [0.05, 0.1) is 6.61 Å². The Morgan fingerprint density at radius 1 is 0.941 bits per heavy atom. The van der Waals surface area contributed by atoms with Crippen molar-refractivity contribution >= 4 is 0 Å². The molecular formula is C30H35NO3. The summed E-state index contributed by atoms with van der Waals surface area (Å²) in [5.74, 6) is 1.77. The Balaban J connectivity index is 1.51. The topological polar surface area (TPSA) is 39.7 Å². The second-order valence-electron chi connectivity index (χ2n) is 9.89. The predicted octanol–water partition coefficient (Wildman–Crippen LogP) is 6.05. The van der Waals surface area contributed by atoms with Gasteiger partial charge in [-0.05, 0) is 69.0 Å². The van der Waals surface area contributed by atoms with E-state index in [-0.39, 0.29) is 5.92 Å². The zero-order valence-electron chi connectivity index (χ0n) is 20.4. The fraction of sp³-hybridized carbons (Fsp3) is 0.400. The number of nitrogens with one attached hydrogen (secondary N) is 1. The lowest BCUT2D eigenvalue weighted by atomic mass is 9.64. The molecule has 178 valence electrons. The summed E-state index contributed by atoms with van der Waals surface area (Å²) in [6.45, 7) is 6.11. The Hall–Kier alpha value is -2.82. The minimum Gasteiger partial charge on any atom is -0.494 e. The van der Waals surface area contributed by atoms with Crippen molar-refractivity contribution in [3.05, 3.63) is 95.6 Å². The quantitative estimate of drug-likeness (QED) is 0.469. The van der Waals surface area contributed by atoms with E-state index in [4.69, 9.17) is 14.2 Å². The van der Waals surface area contributed by atoms with Crippen molar-refractivity contribution in [2.24, 2.45) is 0 Å². The normalized spacial score (nSPS) is 25.4. The SMILES string of the molecule is COC1(c2ccccc2)C(c2ccc(OCCC3CCCN3)cc2)c2ccccc2OC1(C)C. The first kappa shape index (κ1) is 22.9. The highest BCUT2D eigenvalue weighted by molar-refractivity contribution is 5.52. The summed E-state index contributed by atoms with van der Waals surface area (Å²) in [5, 5.41) is 3.54. The van der Waals surface area contributed by atoms with Gasteiger partial charge in [0.25, 0.3) is 0 Å². The molecule has 1 N–H and O–H groups in total. The van der Waals surface area contributed by atoms with Gasteiger partial charge in [0.1, 0.15) is 22.7 Å². The molecule has 0 radical (unpaired) electrons. The minimum atomic E-state index is -0.709. The van der Waals surface area contributed by atoms with E-state index in [1.807, 2.05) is 12.1 Å². The van der Waals surface area contributed by atoms with Crippen molar-refractivity contribution < 1.29 is 14.2 Å². The molecule has 3 aromatic carbocycles. The van der Waals surface area contributed by atoms with Crippen LogP contribution in [0.15, 0.2) is 78.9 Å². The van der Waals surface area contributed by atoms with Crippen LogP contribution in [0.5, 0.6) is 11.5 Å². The van der Waals surface area contributed by atoms with E-state index in [1.54, 1.807) is 7.11 Å². The molecule has 0 saturated carbocycles. The molecule has 4 nitrogen and oxygen atoms in total. The Morgan fingerprint density at radius 3 is 2.38 bits per heavy atom. The van der Waals surface area contributed by atoms with Crippen molar-refractivity contribution in [3.8, 4) is 11.5 Å². The molecule has 0 bridgehead atoms. The predicted molar refractivity (Wildman–Crippen MR) is 136 cm³/mol. The Labute approximate surface area is 203 Å². The largest absolute Gasteiger partial charge is 0.494 e. The lowest BCUT2D eigenvalue weighted by Crippen LogP contribution is -2.59. The van der Waals surface area contributed by atoms with E-state index in [0.717, 1.165) is 42.2 Å². The lowest BCUT2D eigenvalue weighted by molar-refractivity contribution is -0.166. The molecule has 2 heterocycles. The Kier molecular flexibility index (Phi) is 6.37. The average Bonchev–Trinajstić information content (AvgIpc) is 3.37. The van der Waals surface area contributed by atoms with E-state index in [1.165, 1.54) is 18.4 Å².